The Balaban J connectivity index is 2.04. The normalized spacial score (nSPS) is 12.0. The van der Waals surface area contributed by atoms with Gasteiger partial charge in [0, 0.05) is 13.1 Å². The topological polar surface area (TPSA) is 86.8 Å². The zero-order valence-electron chi connectivity index (χ0n) is 20.8. The van der Waals surface area contributed by atoms with Gasteiger partial charge in [0.15, 0.2) is 0 Å². The Morgan fingerprint density at radius 1 is 1.03 bits per heavy atom. The summed E-state index contributed by atoms with van der Waals surface area (Å²) >= 11 is 5.96. The van der Waals surface area contributed by atoms with Crippen molar-refractivity contribution < 1.29 is 22.4 Å². The fourth-order valence-electron chi connectivity index (χ4n) is 3.80. The van der Waals surface area contributed by atoms with Crippen LogP contribution in [-0.4, -0.2) is 44.3 Å². The van der Waals surface area contributed by atoms with Gasteiger partial charge >= 0.3 is 0 Å². The molecule has 3 aromatic rings. The van der Waals surface area contributed by atoms with Crippen LogP contribution in [-0.2, 0) is 26.2 Å². The second-order valence-corrected chi connectivity index (χ2v) is 10.8. The quantitative estimate of drug-likeness (QED) is 0.405. The average Bonchev–Trinajstić information content (AvgIpc) is 2.87. The number of carbonyl (C=O) groups is 2. The van der Waals surface area contributed by atoms with E-state index >= 15 is 0 Å². The van der Waals surface area contributed by atoms with Crippen LogP contribution < -0.4 is 9.62 Å². The number of benzene rings is 3. The number of nitrogens with zero attached hydrogens (tertiary/aromatic N) is 2. The minimum Gasteiger partial charge on any atom is -0.355 e. The highest BCUT2D eigenvalue weighted by molar-refractivity contribution is 7.92. The van der Waals surface area contributed by atoms with Crippen LogP contribution in [0, 0.1) is 12.7 Å². The number of amides is 2. The fourth-order valence-corrected chi connectivity index (χ4v) is 5.40. The SMILES string of the molecule is CCNC(=O)[C@H](C)N(Cc1cccc(C)c1)C(=O)CN(c1ccc(F)c(Cl)c1)S(=O)(=O)c1ccccc1. The molecule has 0 unspecified atom stereocenters. The highest BCUT2D eigenvalue weighted by Crippen LogP contribution is 2.28. The van der Waals surface area contributed by atoms with E-state index in [1.807, 2.05) is 31.2 Å². The van der Waals surface area contributed by atoms with Gasteiger partial charge in [0.1, 0.15) is 18.4 Å². The molecule has 0 heterocycles. The number of rotatable bonds is 10. The van der Waals surface area contributed by atoms with Crippen molar-refractivity contribution in [1.82, 2.24) is 10.2 Å². The summed E-state index contributed by atoms with van der Waals surface area (Å²) in [5, 5.41) is 2.42. The maximum atomic E-state index is 13.9. The van der Waals surface area contributed by atoms with Crippen molar-refractivity contribution in [3.8, 4) is 0 Å². The Morgan fingerprint density at radius 3 is 2.35 bits per heavy atom. The summed E-state index contributed by atoms with van der Waals surface area (Å²) in [5.41, 5.74) is 1.78. The van der Waals surface area contributed by atoms with Gasteiger partial charge in [-0.2, -0.15) is 0 Å². The van der Waals surface area contributed by atoms with Crippen molar-refractivity contribution >= 4 is 39.1 Å². The van der Waals surface area contributed by atoms with Crippen LogP contribution in [0.25, 0.3) is 0 Å². The standard InChI is InChI=1S/C27H29ClFN3O4S/c1-4-30-27(34)20(3)31(17-21-10-8-9-19(2)15-21)26(33)18-32(22-13-14-25(29)24(28)16-22)37(35,36)23-11-6-5-7-12-23/h5-16,20H,4,17-18H2,1-3H3,(H,30,34)/t20-/m0/s1. The molecule has 196 valence electrons. The molecule has 0 saturated carbocycles. The molecule has 3 rings (SSSR count). The summed E-state index contributed by atoms with van der Waals surface area (Å²) in [5.74, 6) is -1.70. The summed E-state index contributed by atoms with van der Waals surface area (Å²) in [4.78, 5) is 27.7. The lowest BCUT2D eigenvalue weighted by atomic mass is 10.1. The van der Waals surface area contributed by atoms with Crippen LogP contribution in [0.5, 0.6) is 0 Å². The molecule has 0 aliphatic heterocycles. The average molecular weight is 546 g/mol. The smallest absolute Gasteiger partial charge is 0.264 e. The Hall–Kier alpha value is -3.43. The van der Waals surface area contributed by atoms with Crippen molar-refractivity contribution in [3.05, 3.63) is 94.8 Å². The third-order valence-corrected chi connectivity index (χ3v) is 7.83. The molecule has 2 amide bonds. The fraction of sp³-hybridized carbons (Fsp3) is 0.259. The first kappa shape index (κ1) is 28.1. The lowest BCUT2D eigenvalue weighted by Crippen LogP contribution is -2.51. The minimum absolute atomic E-state index is 0.0183. The molecule has 0 aliphatic carbocycles. The zero-order chi connectivity index (χ0) is 27.2. The molecule has 37 heavy (non-hydrogen) atoms. The summed E-state index contributed by atoms with van der Waals surface area (Å²) in [6.07, 6.45) is 0. The molecule has 0 aromatic heterocycles. The van der Waals surface area contributed by atoms with Crippen LogP contribution in [0.3, 0.4) is 0 Å². The third-order valence-electron chi connectivity index (χ3n) is 5.75. The predicted molar refractivity (Wildman–Crippen MR) is 142 cm³/mol. The van der Waals surface area contributed by atoms with Crippen LogP contribution in [0.4, 0.5) is 10.1 Å². The number of likely N-dealkylation sites (N-methyl/N-ethyl adjacent to an activating group) is 1. The summed E-state index contributed by atoms with van der Waals surface area (Å²) in [7, 11) is -4.24. The Kier molecular flexibility index (Phi) is 9.29. The van der Waals surface area contributed by atoms with Gasteiger partial charge in [-0.3, -0.25) is 13.9 Å². The van der Waals surface area contributed by atoms with Crippen molar-refractivity contribution in [2.24, 2.45) is 0 Å². The molecule has 0 aliphatic rings. The first-order chi connectivity index (χ1) is 17.5. The van der Waals surface area contributed by atoms with E-state index in [9.17, 15) is 22.4 Å². The van der Waals surface area contributed by atoms with E-state index in [1.165, 1.54) is 23.1 Å². The van der Waals surface area contributed by atoms with Gasteiger partial charge in [-0.15, -0.1) is 0 Å². The van der Waals surface area contributed by atoms with E-state index in [-0.39, 0.29) is 28.1 Å². The molecule has 0 fully saturated rings. The summed E-state index contributed by atoms with van der Waals surface area (Å²) in [6, 6.07) is 17.6. The molecule has 0 radical (unpaired) electrons. The number of aryl methyl sites for hydroxylation is 1. The zero-order valence-corrected chi connectivity index (χ0v) is 22.4. The Morgan fingerprint density at radius 2 is 1.73 bits per heavy atom. The second-order valence-electron chi connectivity index (χ2n) is 8.50. The summed E-state index contributed by atoms with van der Waals surface area (Å²) in [6.45, 7) is 5.10. The van der Waals surface area contributed by atoms with E-state index in [0.29, 0.717) is 6.54 Å². The largest absolute Gasteiger partial charge is 0.355 e. The highest BCUT2D eigenvalue weighted by Gasteiger charge is 2.32. The number of hydrogen-bond acceptors (Lipinski definition) is 4. The molecular weight excluding hydrogens is 517 g/mol. The van der Waals surface area contributed by atoms with Crippen molar-refractivity contribution in [2.75, 3.05) is 17.4 Å². The number of carbonyl (C=O) groups excluding carboxylic acids is 2. The third kappa shape index (κ3) is 6.87. The van der Waals surface area contributed by atoms with E-state index < -0.39 is 34.3 Å². The minimum atomic E-state index is -4.24. The highest BCUT2D eigenvalue weighted by atomic mass is 35.5. The van der Waals surface area contributed by atoms with Gasteiger partial charge in [-0.05, 0) is 56.7 Å². The lowest BCUT2D eigenvalue weighted by molar-refractivity contribution is -0.139. The maximum absolute atomic E-state index is 13.9. The van der Waals surface area contributed by atoms with Gasteiger partial charge in [-0.1, -0.05) is 59.6 Å². The molecular formula is C27H29ClFN3O4S. The van der Waals surface area contributed by atoms with Gasteiger partial charge in [0.05, 0.1) is 15.6 Å². The van der Waals surface area contributed by atoms with Gasteiger partial charge in [-0.25, -0.2) is 12.8 Å². The van der Waals surface area contributed by atoms with Gasteiger partial charge in [0.2, 0.25) is 11.8 Å². The number of sulfonamides is 1. The monoisotopic (exact) mass is 545 g/mol. The number of nitrogens with one attached hydrogen (secondary N) is 1. The second kappa shape index (κ2) is 12.2. The van der Waals surface area contributed by atoms with E-state index in [2.05, 4.69) is 5.32 Å². The molecule has 3 aromatic carbocycles. The van der Waals surface area contributed by atoms with E-state index in [0.717, 1.165) is 27.6 Å². The molecule has 1 atom stereocenters. The molecule has 0 bridgehead atoms. The Labute approximate surface area is 221 Å². The molecule has 10 heteroatoms. The number of halogens is 2. The van der Waals surface area contributed by atoms with Gasteiger partial charge < -0.3 is 10.2 Å². The van der Waals surface area contributed by atoms with Crippen LogP contribution >= 0.6 is 11.6 Å². The molecule has 0 spiro atoms. The van der Waals surface area contributed by atoms with Gasteiger partial charge in [0.25, 0.3) is 10.0 Å². The summed E-state index contributed by atoms with van der Waals surface area (Å²) < 4.78 is 42.0. The van der Waals surface area contributed by atoms with Crippen molar-refractivity contribution in [3.63, 3.8) is 0 Å². The van der Waals surface area contributed by atoms with Crippen LogP contribution in [0.15, 0.2) is 77.7 Å². The van der Waals surface area contributed by atoms with E-state index in [1.54, 1.807) is 32.0 Å². The first-order valence-corrected chi connectivity index (χ1v) is 13.5. The van der Waals surface area contributed by atoms with Crippen LogP contribution in [0.1, 0.15) is 25.0 Å². The van der Waals surface area contributed by atoms with Crippen LogP contribution in [0.2, 0.25) is 5.02 Å². The predicted octanol–water partition coefficient (Wildman–Crippen LogP) is 4.54. The lowest BCUT2D eigenvalue weighted by Gasteiger charge is -2.32. The number of anilines is 1. The van der Waals surface area contributed by atoms with Crippen molar-refractivity contribution in [1.29, 1.82) is 0 Å². The first-order valence-electron chi connectivity index (χ1n) is 11.7. The maximum Gasteiger partial charge on any atom is 0.264 e. The number of hydrogen-bond donors (Lipinski definition) is 1. The molecule has 1 N–H and O–H groups in total. The molecule has 0 saturated heterocycles. The van der Waals surface area contributed by atoms with E-state index in [4.69, 9.17) is 11.6 Å². The Bertz CT molecular complexity index is 1370. The van der Waals surface area contributed by atoms with Crippen molar-refractivity contribution in [2.45, 2.75) is 38.3 Å². The molecule has 7 nitrogen and oxygen atoms in total.